The van der Waals surface area contributed by atoms with E-state index < -0.39 is 0 Å². The van der Waals surface area contributed by atoms with Gasteiger partial charge in [-0.25, -0.2) is 0 Å². The minimum Gasteiger partial charge on any atom is -0.352 e. The number of nitrogens with one attached hydrogen (secondary N) is 1. The lowest BCUT2D eigenvalue weighted by atomic mass is 9.95. The fourth-order valence-electron chi connectivity index (χ4n) is 3.33. The van der Waals surface area contributed by atoms with E-state index in [-0.39, 0.29) is 17.7 Å². The molecule has 1 aliphatic heterocycles. The van der Waals surface area contributed by atoms with E-state index in [9.17, 15) is 9.59 Å². The summed E-state index contributed by atoms with van der Waals surface area (Å²) in [5.74, 6) is 0.207. The molecule has 0 aliphatic carbocycles. The second-order valence-corrected chi connectivity index (χ2v) is 6.89. The van der Waals surface area contributed by atoms with Crippen LogP contribution in [0.15, 0.2) is 48.8 Å². The molecule has 2 aromatic rings. The third-order valence-corrected chi connectivity index (χ3v) is 4.87. The minimum absolute atomic E-state index is 0.0140. The molecule has 0 saturated carbocycles. The quantitative estimate of drug-likeness (QED) is 0.900. The van der Waals surface area contributed by atoms with Gasteiger partial charge in [-0.15, -0.1) is 0 Å². The predicted octanol–water partition coefficient (Wildman–Crippen LogP) is 2.49. The Balaban J connectivity index is 1.44. The van der Waals surface area contributed by atoms with Crippen LogP contribution in [-0.4, -0.2) is 34.8 Å². The molecule has 1 aliphatic rings. The third-order valence-electron chi connectivity index (χ3n) is 4.87. The normalized spacial score (nSPS) is 14.9. The zero-order chi connectivity index (χ0) is 18.4. The number of nitrogens with zero attached hydrogens (tertiary/aromatic N) is 2. The van der Waals surface area contributed by atoms with Crippen molar-refractivity contribution in [1.29, 1.82) is 0 Å². The highest BCUT2D eigenvalue weighted by Gasteiger charge is 2.27. The molecule has 0 unspecified atom stereocenters. The van der Waals surface area contributed by atoms with Crippen LogP contribution in [-0.2, 0) is 22.6 Å². The van der Waals surface area contributed by atoms with Gasteiger partial charge in [0.15, 0.2) is 0 Å². The van der Waals surface area contributed by atoms with Crippen molar-refractivity contribution in [3.8, 4) is 0 Å². The maximum absolute atomic E-state index is 12.5. The lowest BCUT2D eigenvalue weighted by Crippen LogP contribution is -2.43. The van der Waals surface area contributed by atoms with E-state index in [1.807, 2.05) is 42.2 Å². The molecule has 1 N–H and O–H groups in total. The molecule has 1 fully saturated rings. The van der Waals surface area contributed by atoms with E-state index in [2.05, 4.69) is 16.4 Å². The molecule has 26 heavy (non-hydrogen) atoms. The first-order valence-corrected chi connectivity index (χ1v) is 9.12. The fourth-order valence-corrected chi connectivity index (χ4v) is 3.33. The Labute approximate surface area is 154 Å². The fraction of sp³-hybridized carbons (Fsp3) is 0.381. The molecule has 1 aromatic carbocycles. The van der Waals surface area contributed by atoms with Gasteiger partial charge in [0.2, 0.25) is 11.8 Å². The second-order valence-electron chi connectivity index (χ2n) is 6.89. The molecule has 2 amide bonds. The van der Waals surface area contributed by atoms with E-state index >= 15 is 0 Å². The maximum Gasteiger partial charge on any atom is 0.226 e. The predicted molar refractivity (Wildman–Crippen MR) is 100 cm³/mol. The van der Waals surface area contributed by atoms with Gasteiger partial charge in [0, 0.05) is 37.9 Å². The highest BCUT2D eigenvalue weighted by Crippen LogP contribution is 2.19. The van der Waals surface area contributed by atoms with Gasteiger partial charge in [0.05, 0.1) is 6.42 Å². The number of hydrogen-bond donors (Lipinski definition) is 1. The molecular formula is C21H25N3O2. The molecule has 0 bridgehead atoms. The minimum atomic E-state index is -0.0140. The molecule has 3 rings (SSSR count). The average molecular weight is 351 g/mol. The lowest BCUT2D eigenvalue weighted by Gasteiger charge is -2.31. The SMILES string of the molecule is Cc1cccc(CC(=O)N2CCC(C(=O)NCc3ccncc3)CC2)c1. The Morgan fingerprint density at radius 3 is 2.54 bits per heavy atom. The lowest BCUT2D eigenvalue weighted by molar-refractivity contribution is -0.135. The smallest absolute Gasteiger partial charge is 0.226 e. The molecule has 1 saturated heterocycles. The van der Waals surface area contributed by atoms with Crippen LogP contribution in [0, 0.1) is 12.8 Å². The number of amides is 2. The topological polar surface area (TPSA) is 62.3 Å². The Bertz CT molecular complexity index is 753. The second kappa shape index (κ2) is 8.61. The molecule has 5 heteroatoms. The van der Waals surface area contributed by atoms with Crippen LogP contribution >= 0.6 is 0 Å². The van der Waals surface area contributed by atoms with Crippen molar-refractivity contribution in [1.82, 2.24) is 15.2 Å². The standard InChI is InChI=1S/C21H25N3O2/c1-16-3-2-4-18(13-16)14-20(25)24-11-7-19(8-12-24)21(26)23-15-17-5-9-22-10-6-17/h2-6,9-10,13,19H,7-8,11-12,14-15H2,1H3,(H,23,26). The van der Waals surface area contributed by atoms with E-state index in [4.69, 9.17) is 0 Å². The molecule has 136 valence electrons. The van der Waals surface area contributed by atoms with Gasteiger partial charge in [-0.3, -0.25) is 14.6 Å². The molecule has 0 spiro atoms. The summed E-state index contributed by atoms with van der Waals surface area (Å²) >= 11 is 0. The Morgan fingerprint density at radius 1 is 1.12 bits per heavy atom. The monoisotopic (exact) mass is 351 g/mol. The zero-order valence-electron chi connectivity index (χ0n) is 15.1. The van der Waals surface area contributed by atoms with Crippen molar-refractivity contribution < 1.29 is 9.59 Å². The summed E-state index contributed by atoms with van der Waals surface area (Å²) in [6.45, 7) is 3.86. The Morgan fingerprint density at radius 2 is 1.85 bits per heavy atom. The van der Waals surface area contributed by atoms with Crippen LogP contribution in [0.2, 0.25) is 0 Å². The Kier molecular flexibility index (Phi) is 6.00. The first-order valence-electron chi connectivity index (χ1n) is 9.12. The van der Waals surface area contributed by atoms with Crippen LogP contribution in [0.1, 0.15) is 29.5 Å². The summed E-state index contributed by atoms with van der Waals surface area (Å²) in [7, 11) is 0. The summed E-state index contributed by atoms with van der Waals surface area (Å²) in [5, 5.41) is 2.99. The van der Waals surface area contributed by atoms with Crippen molar-refractivity contribution in [3.05, 3.63) is 65.5 Å². The number of hydrogen-bond acceptors (Lipinski definition) is 3. The number of pyridine rings is 1. The number of piperidine rings is 1. The van der Waals surface area contributed by atoms with Crippen molar-refractivity contribution in [2.75, 3.05) is 13.1 Å². The number of carbonyl (C=O) groups excluding carboxylic acids is 2. The van der Waals surface area contributed by atoms with Crippen LogP contribution in [0.4, 0.5) is 0 Å². The maximum atomic E-state index is 12.5. The van der Waals surface area contributed by atoms with E-state index in [1.54, 1.807) is 12.4 Å². The van der Waals surface area contributed by atoms with Gasteiger partial charge in [-0.05, 0) is 43.0 Å². The van der Waals surface area contributed by atoms with Crippen molar-refractivity contribution in [2.24, 2.45) is 5.92 Å². The number of benzene rings is 1. The number of carbonyl (C=O) groups is 2. The summed E-state index contributed by atoms with van der Waals surface area (Å²) in [6, 6.07) is 11.8. The largest absolute Gasteiger partial charge is 0.352 e. The van der Waals surface area contributed by atoms with E-state index in [0.29, 0.717) is 26.1 Å². The summed E-state index contributed by atoms with van der Waals surface area (Å²) in [6.07, 6.45) is 5.32. The zero-order valence-corrected chi connectivity index (χ0v) is 15.1. The highest BCUT2D eigenvalue weighted by atomic mass is 16.2. The number of aromatic nitrogens is 1. The van der Waals surface area contributed by atoms with Crippen LogP contribution in [0.25, 0.3) is 0 Å². The number of aryl methyl sites for hydroxylation is 1. The average Bonchev–Trinajstić information content (AvgIpc) is 2.67. The molecule has 0 radical (unpaired) electrons. The van der Waals surface area contributed by atoms with Crippen molar-refractivity contribution in [3.63, 3.8) is 0 Å². The van der Waals surface area contributed by atoms with Gasteiger partial charge in [-0.2, -0.15) is 0 Å². The van der Waals surface area contributed by atoms with Gasteiger partial charge in [0.1, 0.15) is 0 Å². The molecule has 2 heterocycles. The molecule has 0 atom stereocenters. The molecule has 1 aromatic heterocycles. The van der Waals surface area contributed by atoms with Gasteiger partial charge in [-0.1, -0.05) is 29.8 Å². The van der Waals surface area contributed by atoms with E-state index in [0.717, 1.165) is 24.0 Å². The third kappa shape index (κ3) is 4.91. The Hall–Kier alpha value is -2.69. The summed E-state index contributed by atoms with van der Waals surface area (Å²) in [5.41, 5.74) is 3.26. The first kappa shape index (κ1) is 18.1. The molecule has 5 nitrogen and oxygen atoms in total. The summed E-state index contributed by atoms with van der Waals surface area (Å²) < 4.78 is 0. The highest BCUT2D eigenvalue weighted by molar-refractivity contribution is 5.81. The van der Waals surface area contributed by atoms with Gasteiger partial charge in [0.25, 0.3) is 0 Å². The van der Waals surface area contributed by atoms with E-state index in [1.165, 1.54) is 5.56 Å². The van der Waals surface area contributed by atoms with Crippen LogP contribution in [0.5, 0.6) is 0 Å². The van der Waals surface area contributed by atoms with Crippen molar-refractivity contribution in [2.45, 2.75) is 32.7 Å². The van der Waals surface area contributed by atoms with Crippen molar-refractivity contribution >= 4 is 11.8 Å². The number of rotatable bonds is 5. The number of likely N-dealkylation sites (tertiary alicyclic amines) is 1. The van der Waals surface area contributed by atoms with Gasteiger partial charge >= 0.3 is 0 Å². The van der Waals surface area contributed by atoms with Crippen LogP contribution in [0.3, 0.4) is 0 Å². The van der Waals surface area contributed by atoms with Crippen LogP contribution < -0.4 is 5.32 Å². The first-order chi connectivity index (χ1) is 12.6. The van der Waals surface area contributed by atoms with Gasteiger partial charge < -0.3 is 10.2 Å². The summed E-state index contributed by atoms with van der Waals surface area (Å²) in [4.78, 5) is 30.7. The molecular weight excluding hydrogens is 326 g/mol.